The highest BCUT2D eigenvalue weighted by atomic mass is 16.5. The molecule has 0 aliphatic carbocycles. The zero-order valence-electron chi connectivity index (χ0n) is 12.4. The topological polar surface area (TPSA) is 67.4 Å². The third kappa shape index (κ3) is 11.5. The Morgan fingerprint density at radius 3 is 2.42 bits per heavy atom. The highest BCUT2D eigenvalue weighted by Crippen LogP contribution is 2.14. The Bertz CT molecular complexity index is 312. The molecule has 2 N–H and O–H groups in total. The van der Waals surface area contributed by atoms with Gasteiger partial charge in [-0.15, -0.1) is 0 Å². The Hall–Kier alpha value is -1.36. The van der Waals surface area contributed by atoms with E-state index >= 15 is 0 Å². The lowest BCUT2D eigenvalue weighted by Gasteiger charge is -2.23. The smallest absolute Gasteiger partial charge is 0.246 e. The number of nitrogens with one attached hydrogen (secondary N) is 2. The van der Waals surface area contributed by atoms with E-state index < -0.39 is 0 Å². The summed E-state index contributed by atoms with van der Waals surface area (Å²) in [5.74, 6) is -0.184. The molecule has 5 heteroatoms. The molecule has 0 aromatic carbocycles. The minimum absolute atomic E-state index is 0.0552. The van der Waals surface area contributed by atoms with Crippen molar-refractivity contribution in [1.29, 1.82) is 0 Å². The van der Waals surface area contributed by atoms with E-state index in [9.17, 15) is 9.59 Å². The van der Waals surface area contributed by atoms with Crippen LogP contribution in [0.4, 0.5) is 0 Å². The molecule has 0 aliphatic heterocycles. The largest absolute Gasteiger partial charge is 0.365 e. The van der Waals surface area contributed by atoms with Crippen LogP contribution in [0.3, 0.4) is 0 Å². The first-order valence-corrected chi connectivity index (χ1v) is 6.63. The molecular formula is C14H26N2O3. The minimum Gasteiger partial charge on any atom is -0.365 e. The van der Waals surface area contributed by atoms with Gasteiger partial charge in [-0.3, -0.25) is 9.59 Å². The number of carbonyl (C=O) groups excluding carboxylic acids is 2. The monoisotopic (exact) mass is 270 g/mol. The third-order valence-corrected chi connectivity index (χ3v) is 2.49. The van der Waals surface area contributed by atoms with Crippen LogP contribution >= 0.6 is 0 Å². The number of hydrogen-bond acceptors (Lipinski definition) is 3. The van der Waals surface area contributed by atoms with Crippen molar-refractivity contribution >= 4 is 11.8 Å². The van der Waals surface area contributed by atoms with Crippen molar-refractivity contribution in [2.45, 2.75) is 46.1 Å². The van der Waals surface area contributed by atoms with Gasteiger partial charge < -0.3 is 15.4 Å². The summed E-state index contributed by atoms with van der Waals surface area (Å²) in [4.78, 5) is 22.1. The van der Waals surface area contributed by atoms with Gasteiger partial charge in [0.2, 0.25) is 11.8 Å². The van der Waals surface area contributed by atoms with Crippen molar-refractivity contribution < 1.29 is 14.3 Å². The molecule has 0 unspecified atom stereocenters. The molecule has 2 amide bonds. The third-order valence-electron chi connectivity index (χ3n) is 2.49. The van der Waals surface area contributed by atoms with Crippen molar-refractivity contribution in [1.82, 2.24) is 10.6 Å². The van der Waals surface area contributed by atoms with Crippen molar-refractivity contribution in [3.05, 3.63) is 12.2 Å². The minimum atomic E-state index is -0.333. The number of carbonyl (C=O) groups is 2. The van der Waals surface area contributed by atoms with Gasteiger partial charge in [0.15, 0.2) is 0 Å². The molecular weight excluding hydrogens is 244 g/mol. The predicted molar refractivity (Wildman–Crippen MR) is 75.8 cm³/mol. The Morgan fingerprint density at radius 2 is 1.84 bits per heavy atom. The first-order valence-electron chi connectivity index (χ1n) is 6.63. The quantitative estimate of drug-likeness (QED) is 0.491. The second-order valence-electron chi connectivity index (χ2n) is 5.01. The molecule has 0 aromatic heterocycles. The van der Waals surface area contributed by atoms with Crippen molar-refractivity contribution in [2.75, 3.05) is 19.7 Å². The molecule has 0 aliphatic rings. The van der Waals surface area contributed by atoms with Crippen LogP contribution in [-0.4, -0.2) is 37.1 Å². The lowest BCUT2D eigenvalue weighted by Crippen LogP contribution is -2.34. The second-order valence-corrected chi connectivity index (χ2v) is 5.01. The fourth-order valence-electron chi connectivity index (χ4n) is 1.35. The van der Waals surface area contributed by atoms with Gasteiger partial charge in [0.05, 0.1) is 5.60 Å². The van der Waals surface area contributed by atoms with E-state index in [0.717, 1.165) is 6.42 Å². The van der Waals surface area contributed by atoms with Crippen molar-refractivity contribution in [2.24, 2.45) is 0 Å². The van der Waals surface area contributed by atoms with Crippen LogP contribution < -0.4 is 10.6 Å². The van der Waals surface area contributed by atoms with Gasteiger partial charge in [0, 0.05) is 20.0 Å². The average molecular weight is 270 g/mol. The second kappa shape index (κ2) is 9.55. The molecule has 0 heterocycles. The molecule has 110 valence electrons. The van der Waals surface area contributed by atoms with Gasteiger partial charge in [-0.2, -0.15) is 0 Å². The SMILES string of the molecule is C/C=C\CC(C)(C)OCC(=O)NCCCNC(C)=O. The number of hydrogen-bond donors (Lipinski definition) is 2. The fraction of sp³-hybridized carbons (Fsp3) is 0.714. The van der Waals surface area contributed by atoms with E-state index in [4.69, 9.17) is 4.74 Å². The zero-order valence-corrected chi connectivity index (χ0v) is 12.4. The van der Waals surface area contributed by atoms with Crippen LogP contribution in [0.15, 0.2) is 12.2 Å². The summed E-state index contributed by atoms with van der Waals surface area (Å²) in [5, 5.41) is 5.42. The molecule has 0 radical (unpaired) electrons. The van der Waals surface area contributed by atoms with Gasteiger partial charge in [-0.1, -0.05) is 12.2 Å². The molecule has 0 saturated heterocycles. The van der Waals surface area contributed by atoms with Gasteiger partial charge in [-0.05, 0) is 33.6 Å². The molecule has 0 rings (SSSR count). The summed E-state index contributed by atoms with van der Waals surface area (Å²) in [6.07, 6.45) is 5.48. The maximum atomic E-state index is 11.5. The van der Waals surface area contributed by atoms with Gasteiger partial charge in [0.25, 0.3) is 0 Å². The summed E-state index contributed by atoms with van der Waals surface area (Å²) < 4.78 is 5.56. The first kappa shape index (κ1) is 17.6. The Labute approximate surface area is 115 Å². The fourth-order valence-corrected chi connectivity index (χ4v) is 1.35. The van der Waals surface area contributed by atoms with Crippen molar-refractivity contribution in [3.63, 3.8) is 0 Å². The van der Waals surface area contributed by atoms with E-state index in [1.54, 1.807) is 0 Å². The summed E-state index contributed by atoms with van der Waals surface area (Å²) in [6.45, 7) is 8.51. The number of allylic oxidation sites excluding steroid dienone is 1. The summed E-state index contributed by atoms with van der Waals surface area (Å²) in [6, 6.07) is 0. The van der Waals surface area contributed by atoms with Crippen LogP contribution in [0.2, 0.25) is 0 Å². The predicted octanol–water partition coefficient (Wildman–Crippen LogP) is 1.39. The molecule has 19 heavy (non-hydrogen) atoms. The van der Waals surface area contributed by atoms with Gasteiger partial charge in [-0.25, -0.2) is 0 Å². The molecule has 0 atom stereocenters. The van der Waals surface area contributed by atoms with E-state index in [1.807, 2.05) is 32.9 Å². The Balaban J connectivity index is 3.66. The first-order chi connectivity index (χ1) is 8.87. The van der Waals surface area contributed by atoms with Crippen molar-refractivity contribution in [3.8, 4) is 0 Å². The van der Waals surface area contributed by atoms with E-state index in [0.29, 0.717) is 19.5 Å². The van der Waals surface area contributed by atoms with Crippen LogP contribution in [-0.2, 0) is 14.3 Å². The normalized spacial score (nSPS) is 11.6. The van der Waals surface area contributed by atoms with Crippen LogP contribution in [0.25, 0.3) is 0 Å². The summed E-state index contributed by atoms with van der Waals surface area (Å²) >= 11 is 0. The highest BCUT2D eigenvalue weighted by Gasteiger charge is 2.17. The lowest BCUT2D eigenvalue weighted by atomic mass is 10.1. The van der Waals surface area contributed by atoms with Gasteiger partial charge in [0.1, 0.15) is 6.61 Å². The number of amides is 2. The highest BCUT2D eigenvalue weighted by molar-refractivity contribution is 5.77. The number of rotatable bonds is 9. The lowest BCUT2D eigenvalue weighted by molar-refractivity contribution is -0.131. The van der Waals surface area contributed by atoms with E-state index in [2.05, 4.69) is 10.6 Å². The average Bonchev–Trinajstić information content (AvgIpc) is 2.33. The molecule has 0 fully saturated rings. The Kier molecular flexibility index (Phi) is 8.87. The molecule has 0 saturated carbocycles. The standard InChI is InChI=1S/C14H26N2O3/c1-5-6-8-14(3,4)19-11-13(18)16-10-7-9-15-12(2)17/h5-6H,7-11H2,1-4H3,(H,15,17)(H,16,18)/b6-5-. The maximum Gasteiger partial charge on any atom is 0.246 e. The van der Waals surface area contributed by atoms with Crippen LogP contribution in [0.5, 0.6) is 0 Å². The molecule has 0 bridgehead atoms. The Morgan fingerprint density at radius 1 is 1.21 bits per heavy atom. The van der Waals surface area contributed by atoms with E-state index in [1.165, 1.54) is 6.92 Å². The maximum absolute atomic E-state index is 11.5. The van der Waals surface area contributed by atoms with Crippen LogP contribution in [0.1, 0.15) is 40.5 Å². The molecule has 5 nitrogen and oxygen atoms in total. The number of ether oxygens (including phenoxy) is 1. The van der Waals surface area contributed by atoms with Crippen LogP contribution in [0, 0.1) is 0 Å². The van der Waals surface area contributed by atoms with Gasteiger partial charge >= 0.3 is 0 Å². The summed E-state index contributed by atoms with van der Waals surface area (Å²) in [7, 11) is 0. The molecule has 0 spiro atoms. The zero-order chi connectivity index (χ0) is 14.7. The summed E-state index contributed by atoms with van der Waals surface area (Å²) in [5.41, 5.74) is -0.333. The van der Waals surface area contributed by atoms with E-state index in [-0.39, 0.29) is 24.0 Å². The molecule has 0 aromatic rings.